The van der Waals surface area contributed by atoms with Gasteiger partial charge in [0, 0.05) is 6.07 Å². The molecule has 0 fully saturated rings. The summed E-state index contributed by atoms with van der Waals surface area (Å²) in [5.41, 5.74) is 6.08. The van der Waals surface area contributed by atoms with Gasteiger partial charge in [0.15, 0.2) is 0 Å². The molecule has 0 aromatic heterocycles. The third-order valence-electron chi connectivity index (χ3n) is 3.19. The standard InChI is InChI=1S/C15H22ClN3O4/c1-8(2)14(17)15(21)18-7-13(20)19-10-5-9(16)11(22-3)6-12(10)23-4/h5-6,8,14H,7,17H2,1-4H3,(H,18,21)(H,19,20)/t14-/m0/s1. The minimum atomic E-state index is -0.659. The van der Waals surface area contributed by atoms with Crippen molar-refractivity contribution in [3.05, 3.63) is 17.2 Å². The number of methoxy groups -OCH3 is 2. The summed E-state index contributed by atoms with van der Waals surface area (Å²) >= 11 is 6.03. The number of nitrogens with one attached hydrogen (secondary N) is 2. The third-order valence-corrected chi connectivity index (χ3v) is 3.49. The number of amides is 2. The summed E-state index contributed by atoms with van der Waals surface area (Å²) in [7, 11) is 2.94. The van der Waals surface area contributed by atoms with Crippen molar-refractivity contribution in [3.8, 4) is 11.5 Å². The summed E-state index contributed by atoms with van der Waals surface area (Å²) in [5, 5.41) is 5.43. The number of benzene rings is 1. The Kier molecular flexibility index (Phi) is 7.12. The highest BCUT2D eigenvalue weighted by molar-refractivity contribution is 6.32. The van der Waals surface area contributed by atoms with Crippen molar-refractivity contribution in [2.75, 3.05) is 26.1 Å². The van der Waals surface area contributed by atoms with Crippen molar-refractivity contribution >= 4 is 29.1 Å². The second-order valence-electron chi connectivity index (χ2n) is 5.22. The lowest BCUT2D eigenvalue weighted by atomic mass is 10.1. The van der Waals surface area contributed by atoms with E-state index in [0.717, 1.165) is 0 Å². The Hall–Kier alpha value is -1.99. The molecule has 1 atom stereocenters. The zero-order chi connectivity index (χ0) is 17.6. The fourth-order valence-electron chi connectivity index (χ4n) is 1.74. The van der Waals surface area contributed by atoms with E-state index in [-0.39, 0.29) is 18.4 Å². The Morgan fingerprint density at radius 3 is 2.35 bits per heavy atom. The van der Waals surface area contributed by atoms with Gasteiger partial charge in [-0.1, -0.05) is 25.4 Å². The van der Waals surface area contributed by atoms with E-state index in [4.69, 9.17) is 26.8 Å². The van der Waals surface area contributed by atoms with Crippen LogP contribution in [0.3, 0.4) is 0 Å². The number of anilines is 1. The van der Waals surface area contributed by atoms with Crippen molar-refractivity contribution in [3.63, 3.8) is 0 Å². The zero-order valence-electron chi connectivity index (χ0n) is 13.6. The van der Waals surface area contributed by atoms with E-state index in [9.17, 15) is 9.59 Å². The molecule has 23 heavy (non-hydrogen) atoms. The van der Waals surface area contributed by atoms with Crippen LogP contribution in [0, 0.1) is 5.92 Å². The van der Waals surface area contributed by atoms with E-state index in [0.29, 0.717) is 22.2 Å². The largest absolute Gasteiger partial charge is 0.495 e. The van der Waals surface area contributed by atoms with E-state index >= 15 is 0 Å². The average molecular weight is 344 g/mol. The van der Waals surface area contributed by atoms with E-state index in [2.05, 4.69) is 10.6 Å². The molecule has 0 spiro atoms. The van der Waals surface area contributed by atoms with E-state index in [1.807, 2.05) is 13.8 Å². The summed E-state index contributed by atoms with van der Waals surface area (Å²) in [5.74, 6) is 0.00445. The number of hydrogen-bond acceptors (Lipinski definition) is 5. The Labute approximate surface area is 140 Å². The Morgan fingerprint density at radius 1 is 1.22 bits per heavy atom. The van der Waals surface area contributed by atoms with Gasteiger partial charge in [-0.25, -0.2) is 0 Å². The Bertz CT molecular complexity index is 578. The predicted molar refractivity (Wildman–Crippen MR) is 89.0 cm³/mol. The molecule has 1 aromatic carbocycles. The molecular formula is C15H22ClN3O4. The number of halogens is 1. The molecule has 8 heteroatoms. The van der Waals surface area contributed by atoms with Crippen molar-refractivity contribution in [1.82, 2.24) is 5.32 Å². The maximum Gasteiger partial charge on any atom is 0.243 e. The van der Waals surface area contributed by atoms with Crippen molar-refractivity contribution in [2.24, 2.45) is 11.7 Å². The SMILES string of the molecule is COc1cc(OC)c(NC(=O)CNC(=O)[C@@H](N)C(C)C)cc1Cl. The van der Waals surface area contributed by atoms with Crippen LogP contribution in [-0.4, -0.2) is 38.6 Å². The first-order chi connectivity index (χ1) is 10.8. The molecule has 1 rings (SSSR count). The van der Waals surface area contributed by atoms with Crippen LogP contribution >= 0.6 is 11.6 Å². The normalized spacial score (nSPS) is 11.8. The lowest BCUT2D eigenvalue weighted by Gasteiger charge is -2.16. The van der Waals surface area contributed by atoms with Gasteiger partial charge in [0.05, 0.1) is 37.5 Å². The number of hydrogen-bond donors (Lipinski definition) is 3. The van der Waals surface area contributed by atoms with Crippen LogP contribution < -0.4 is 25.8 Å². The number of carbonyl (C=O) groups is 2. The van der Waals surface area contributed by atoms with Crippen LogP contribution in [-0.2, 0) is 9.59 Å². The maximum atomic E-state index is 11.9. The molecule has 7 nitrogen and oxygen atoms in total. The molecule has 0 aliphatic heterocycles. The van der Waals surface area contributed by atoms with E-state index < -0.39 is 11.9 Å². The molecule has 4 N–H and O–H groups in total. The van der Waals surface area contributed by atoms with Crippen LogP contribution in [0.4, 0.5) is 5.69 Å². The van der Waals surface area contributed by atoms with Gasteiger partial charge in [-0.3, -0.25) is 9.59 Å². The minimum Gasteiger partial charge on any atom is -0.495 e. The molecule has 0 heterocycles. The van der Waals surface area contributed by atoms with Gasteiger partial charge in [-0.2, -0.15) is 0 Å². The number of ether oxygens (including phenoxy) is 2. The zero-order valence-corrected chi connectivity index (χ0v) is 14.4. The molecule has 2 amide bonds. The summed E-state index contributed by atoms with van der Waals surface area (Å²) in [6.07, 6.45) is 0. The van der Waals surface area contributed by atoms with Crippen LogP contribution in [0.15, 0.2) is 12.1 Å². The average Bonchev–Trinajstić information content (AvgIpc) is 2.52. The molecule has 1 aromatic rings. The van der Waals surface area contributed by atoms with Crippen molar-refractivity contribution in [2.45, 2.75) is 19.9 Å². The minimum absolute atomic E-state index is 0.0152. The van der Waals surface area contributed by atoms with Gasteiger partial charge in [0.2, 0.25) is 11.8 Å². The van der Waals surface area contributed by atoms with Crippen LogP contribution in [0.5, 0.6) is 11.5 Å². The third kappa shape index (κ3) is 5.30. The quantitative estimate of drug-likeness (QED) is 0.694. The fourth-order valence-corrected chi connectivity index (χ4v) is 1.98. The Balaban J connectivity index is 2.71. The molecule has 0 aliphatic rings. The molecule has 128 valence electrons. The number of nitrogens with two attached hydrogens (primary N) is 1. The highest BCUT2D eigenvalue weighted by atomic mass is 35.5. The molecular weight excluding hydrogens is 322 g/mol. The summed E-state index contributed by atoms with van der Waals surface area (Å²) < 4.78 is 10.3. The molecule has 0 aliphatic carbocycles. The van der Waals surface area contributed by atoms with Crippen LogP contribution in [0.25, 0.3) is 0 Å². The second kappa shape index (κ2) is 8.59. The smallest absolute Gasteiger partial charge is 0.243 e. The second-order valence-corrected chi connectivity index (χ2v) is 5.63. The van der Waals surface area contributed by atoms with Gasteiger partial charge < -0.3 is 25.8 Å². The summed E-state index contributed by atoms with van der Waals surface area (Å²) in [4.78, 5) is 23.7. The topological polar surface area (TPSA) is 103 Å². The van der Waals surface area contributed by atoms with Gasteiger partial charge in [0.1, 0.15) is 11.5 Å². The van der Waals surface area contributed by atoms with Gasteiger partial charge in [-0.05, 0) is 12.0 Å². The molecule has 0 saturated carbocycles. The van der Waals surface area contributed by atoms with E-state index in [1.165, 1.54) is 20.3 Å². The van der Waals surface area contributed by atoms with Crippen molar-refractivity contribution in [1.29, 1.82) is 0 Å². The predicted octanol–water partition coefficient (Wildman–Crippen LogP) is 1.40. The summed E-state index contributed by atoms with van der Waals surface area (Å²) in [6, 6.07) is 2.41. The summed E-state index contributed by atoms with van der Waals surface area (Å²) in [6.45, 7) is 3.45. The molecule has 0 unspecified atom stereocenters. The first-order valence-electron chi connectivity index (χ1n) is 7.04. The molecule has 0 radical (unpaired) electrons. The first kappa shape index (κ1) is 19.1. The van der Waals surface area contributed by atoms with E-state index in [1.54, 1.807) is 6.07 Å². The fraction of sp³-hybridized carbons (Fsp3) is 0.467. The number of rotatable bonds is 7. The molecule has 0 saturated heterocycles. The number of carbonyl (C=O) groups excluding carboxylic acids is 2. The highest BCUT2D eigenvalue weighted by Gasteiger charge is 2.18. The Morgan fingerprint density at radius 2 is 1.83 bits per heavy atom. The monoisotopic (exact) mass is 343 g/mol. The lowest BCUT2D eigenvalue weighted by molar-refractivity contribution is -0.125. The van der Waals surface area contributed by atoms with Crippen molar-refractivity contribution < 1.29 is 19.1 Å². The van der Waals surface area contributed by atoms with Gasteiger partial charge >= 0.3 is 0 Å². The van der Waals surface area contributed by atoms with Gasteiger partial charge in [0.25, 0.3) is 0 Å². The van der Waals surface area contributed by atoms with Gasteiger partial charge in [-0.15, -0.1) is 0 Å². The van der Waals surface area contributed by atoms with Crippen LogP contribution in [0.2, 0.25) is 5.02 Å². The maximum absolute atomic E-state index is 11.9. The van der Waals surface area contributed by atoms with Crippen LogP contribution in [0.1, 0.15) is 13.8 Å². The molecule has 0 bridgehead atoms. The lowest BCUT2D eigenvalue weighted by Crippen LogP contribution is -2.46. The highest BCUT2D eigenvalue weighted by Crippen LogP contribution is 2.35. The first-order valence-corrected chi connectivity index (χ1v) is 7.42.